The smallest absolute Gasteiger partial charge is 0.00197 e. The lowest BCUT2D eigenvalue weighted by molar-refractivity contribution is 1.42. The zero-order chi connectivity index (χ0) is 39.1. The van der Waals surface area contributed by atoms with Crippen LogP contribution in [-0.4, -0.2) is 0 Å². The van der Waals surface area contributed by atoms with Gasteiger partial charge in [-0.2, -0.15) is 0 Å². The van der Waals surface area contributed by atoms with Crippen molar-refractivity contribution in [2.24, 2.45) is 0 Å². The van der Waals surface area contributed by atoms with E-state index in [9.17, 15) is 0 Å². The molecule has 8 aromatic carbocycles. The molecule has 0 N–H and O–H groups in total. The Hall–Kier alpha value is -6.33. The van der Waals surface area contributed by atoms with Crippen molar-refractivity contribution in [3.63, 3.8) is 0 Å². The summed E-state index contributed by atoms with van der Waals surface area (Å²) in [4.78, 5) is 0. The molecule has 0 fully saturated rings. The molecule has 0 aromatic heterocycles. The summed E-state index contributed by atoms with van der Waals surface area (Å²) in [6.07, 6.45) is 4.78. The summed E-state index contributed by atoms with van der Waals surface area (Å²) in [5, 5.41) is 3.99. The lowest BCUT2D eigenvalue weighted by atomic mass is 9.82. The van der Waals surface area contributed by atoms with Crippen molar-refractivity contribution in [2.75, 3.05) is 0 Å². The third-order valence-corrected chi connectivity index (χ3v) is 13.0. The van der Waals surface area contributed by atoms with Crippen molar-refractivity contribution in [3.8, 4) is 11.1 Å². The lowest BCUT2D eigenvalue weighted by Crippen LogP contribution is -2.22. The van der Waals surface area contributed by atoms with Gasteiger partial charge in [0.2, 0.25) is 0 Å². The number of hydrogen-bond acceptors (Lipinski definition) is 0. The Morgan fingerprint density at radius 3 is 1.23 bits per heavy atom. The summed E-state index contributed by atoms with van der Waals surface area (Å²) >= 11 is 0. The van der Waals surface area contributed by atoms with Gasteiger partial charge in [0.15, 0.2) is 0 Å². The van der Waals surface area contributed by atoms with Gasteiger partial charge in [-0.25, -0.2) is 0 Å². The van der Waals surface area contributed by atoms with Crippen LogP contribution < -0.4 is 15.9 Å². The number of rotatable bonds is 10. The van der Waals surface area contributed by atoms with Crippen LogP contribution in [0, 0.1) is 27.7 Å². The minimum absolute atomic E-state index is 0.916. The van der Waals surface area contributed by atoms with Crippen molar-refractivity contribution >= 4 is 47.1 Å². The minimum atomic E-state index is -0.916. The molecule has 0 saturated carbocycles. The van der Waals surface area contributed by atoms with E-state index in [0.717, 1.165) is 0 Å². The Morgan fingerprint density at radius 2 is 0.772 bits per heavy atom. The molecule has 0 amide bonds. The molecule has 0 aliphatic rings. The van der Waals surface area contributed by atoms with E-state index in [1.165, 1.54) is 93.8 Å². The molecule has 0 nitrogen and oxygen atoms in total. The molecule has 0 heterocycles. The van der Waals surface area contributed by atoms with Crippen LogP contribution >= 0.6 is 7.92 Å². The van der Waals surface area contributed by atoms with Crippen LogP contribution in [0.3, 0.4) is 0 Å². The monoisotopic (exact) mass is 750 g/mol. The Morgan fingerprint density at radius 1 is 0.368 bits per heavy atom. The van der Waals surface area contributed by atoms with Crippen molar-refractivity contribution < 1.29 is 0 Å². The maximum absolute atomic E-state index is 2.39. The molecule has 0 aliphatic carbocycles. The summed E-state index contributed by atoms with van der Waals surface area (Å²) in [5.74, 6) is 0. The molecule has 0 radical (unpaired) electrons. The van der Waals surface area contributed by atoms with Crippen LogP contribution in [0.2, 0.25) is 0 Å². The molecule has 0 atom stereocenters. The molecule has 0 saturated heterocycles. The third kappa shape index (κ3) is 8.58. The Bertz CT molecular complexity index is 2550. The van der Waals surface area contributed by atoms with Gasteiger partial charge < -0.3 is 0 Å². The van der Waals surface area contributed by atoms with Crippen LogP contribution in [-0.2, 0) is 0 Å². The van der Waals surface area contributed by atoms with Gasteiger partial charge in [0.05, 0.1) is 0 Å². The van der Waals surface area contributed by atoms with Gasteiger partial charge in [-0.15, -0.1) is 0 Å². The van der Waals surface area contributed by atoms with Crippen LogP contribution in [0.25, 0.3) is 34.4 Å². The maximum Gasteiger partial charge on any atom is -0.00197 e. The molecular weight excluding hydrogens is 704 g/mol. The molecule has 8 rings (SSSR count). The zero-order valence-electron chi connectivity index (χ0n) is 33.2. The first-order chi connectivity index (χ1) is 27.9. The molecule has 276 valence electrons. The van der Waals surface area contributed by atoms with E-state index in [4.69, 9.17) is 0 Å². The molecule has 0 spiro atoms. The zero-order valence-corrected chi connectivity index (χ0v) is 34.0. The fourth-order valence-electron chi connectivity index (χ4n) is 7.86. The molecule has 1 heteroatoms. The van der Waals surface area contributed by atoms with Crippen LogP contribution in [0.1, 0.15) is 55.6 Å². The van der Waals surface area contributed by atoms with Crippen LogP contribution in [0.5, 0.6) is 0 Å². The van der Waals surface area contributed by atoms with Crippen molar-refractivity contribution in [3.05, 3.63) is 256 Å². The Labute approximate surface area is 340 Å². The topological polar surface area (TPSA) is 0 Å². The first-order valence-electron chi connectivity index (χ1n) is 19.8. The highest BCUT2D eigenvalue weighted by atomic mass is 31.1. The highest BCUT2D eigenvalue weighted by Crippen LogP contribution is 2.45. The third-order valence-electron chi connectivity index (χ3n) is 10.5. The Kier molecular flexibility index (Phi) is 11.4. The van der Waals surface area contributed by atoms with Crippen LogP contribution in [0.4, 0.5) is 0 Å². The molecule has 57 heavy (non-hydrogen) atoms. The van der Waals surface area contributed by atoms with E-state index in [1.54, 1.807) is 0 Å². The summed E-state index contributed by atoms with van der Waals surface area (Å²) in [6, 6.07) is 73.9. The second-order valence-corrected chi connectivity index (χ2v) is 17.1. The van der Waals surface area contributed by atoms with Gasteiger partial charge in [0, 0.05) is 0 Å². The number of benzene rings is 8. The largest absolute Gasteiger partial charge is 0.0622 e. The summed E-state index contributed by atoms with van der Waals surface area (Å²) in [6.45, 7) is 8.72. The van der Waals surface area contributed by atoms with E-state index in [2.05, 4.69) is 240 Å². The normalized spacial score (nSPS) is 11.9. The number of hydrogen-bond donors (Lipinski definition) is 0. The fourth-order valence-corrected chi connectivity index (χ4v) is 10.3. The van der Waals surface area contributed by atoms with Crippen molar-refractivity contribution in [1.82, 2.24) is 0 Å². The number of aryl methyl sites for hydroxylation is 4. The van der Waals surface area contributed by atoms with Crippen molar-refractivity contribution in [2.45, 2.75) is 27.7 Å². The summed E-state index contributed by atoms with van der Waals surface area (Å²) < 4.78 is 0. The summed E-state index contributed by atoms with van der Waals surface area (Å²) in [5.41, 5.74) is 17.0. The van der Waals surface area contributed by atoms with Crippen LogP contribution in [0.15, 0.2) is 200 Å². The molecule has 0 bridgehead atoms. The SMILES string of the molecule is Cc1cccc(/C=C(\c2cccc(C)c2)c2cccc(/C(=C/c3cccc(C)c3)c3cccc(C)c3)c2-c2ccccc2P(c2ccccc2)c2ccccc2)c1. The first-order valence-corrected chi connectivity index (χ1v) is 21.1. The highest BCUT2D eigenvalue weighted by molar-refractivity contribution is 7.80. The average Bonchev–Trinajstić information content (AvgIpc) is 3.23. The van der Waals surface area contributed by atoms with Crippen molar-refractivity contribution in [1.29, 1.82) is 0 Å². The molecule has 8 aromatic rings. The lowest BCUT2D eigenvalue weighted by Gasteiger charge is -2.26. The standard InChI is InChI=1S/C56H47P/c1-40-18-13-22-44(34-40)38-53(46-24-15-20-42(3)36-46)50-31-17-32-51(54(47-25-16-21-43(4)37-47)39-45-23-14-19-41(2)35-45)56(50)52-30-11-12-33-55(52)57(48-26-7-5-8-27-48)49-28-9-6-10-29-49/h5-39H,1-4H3/b53-38+,54-39+. The fraction of sp³-hybridized carbons (Fsp3) is 0.0714. The second kappa shape index (κ2) is 17.2. The summed E-state index contributed by atoms with van der Waals surface area (Å²) in [7, 11) is -0.916. The highest BCUT2D eigenvalue weighted by Gasteiger charge is 2.25. The first kappa shape index (κ1) is 37.6. The van der Waals surface area contributed by atoms with E-state index < -0.39 is 7.92 Å². The van der Waals surface area contributed by atoms with Gasteiger partial charge in [0.25, 0.3) is 0 Å². The molecular formula is C56H47P. The van der Waals surface area contributed by atoms with E-state index in [0.29, 0.717) is 0 Å². The van der Waals surface area contributed by atoms with E-state index in [-0.39, 0.29) is 0 Å². The van der Waals surface area contributed by atoms with Gasteiger partial charge in [0.1, 0.15) is 0 Å². The predicted molar refractivity (Wildman–Crippen MR) is 249 cm³/mol. The Balaban J connectivity index is 1.51. The van der Waals surface area contributed by atoms with E-state index in [1.807, 2.05) is 0 Å². The van der Waals surface area contributed by atoms with Gasteiger partial charge >= 0.3 is 0 Å². The van der Waals surface area contributed by atoms with Gasteiger partial charge in [-0.1, -0.05) is 222 Å². The van der Waals surface area contributed by atoms with E-state index >= 15 is 0 Å². The minimum Gasteiger partial charge on any atom is -0.0622 e. The molecule has 0 aliphatic heterocycles. The maximum atomic E-state index is 2.39. The van der Waals surface area contributed by atoms with Gasteiger partial charge in [-0.05, 0) is 119 Å². The quantitative estimate of drug-likeness (QED) is 0.0964. The molecule has 0 unspecified atom stereocenters. The van der Waals surface area contributed by atoms with Gasteiger partial charge in [-0.3, -0.25) is 0 Å². The average molecular weight is 751 g/mol. The predicted octanol–water partition coefficient (Wildman–Crippen LogP) is 13.5. The second-order valence-electron chi connectivity index (χ2n) is 14.9.